The van der Waals surface area contributed by atoms with E-state index in [0.29, 0.717) is 17.9 Å². The summed E-state index contributed by atoms with van der Waals surface area (Å²) in [6, 6.07) is 8.74. The summed E-state index contributed by atoms with van der Waals surface area (Å²) in [5.74, 6) is -0.178. The van der Waals surface area contributed by atoms with Crippen molar-refractivity contribution in [1.29, 1.82) is 5.26 Å². The molecule has 4 nitrogen and oxygen atoms in total. The summed E-state index contributed by atoms with van der Waals surface area (Å²) >= 11 is 0. The Morgan fingerprint density at radius 3 is 2.65 bits per heavy atom. The van der Waals surface area contributed by atoms with Crippen molar-refractivity contribution in [3.63, 3.8) is 0 Å². The van der Waals surface area contributed by atoms with E-state index in [9.17, 15) is 4.79 Å². The van der Waals surface area contributed by atoms with Gasteiger partial charge in [0, 0.05) is 12.3 Å². The Labute approximate surface area is 101 Å². The molecule has 1 N–H and O–H groups in total. The minimum absolute atomic E-state index is 0.178. The van der Waals surface area contributed by atoms with E-state index in [-0.39, 0.29) is 5.91 Å². The molecule has 1 rings (SSSR count). The van der Waals surface area contributed by atoms with Crippen LogP contribution < -0.4 is 5.32 Å². The van der Waals surface area contributed by atoms with Crippen molar-refractivity contribution in [3.8, 4) is 6.07 Å². The Morgan fingerprint density at radius 1 is 1.47 bits per heavy atom. The van der Waals surface area contributed by atoms with Crippen molar-refractivity contribution in [2.75, 3.05) is 11.9 Å². The lowest BCUT2D eigenvalue weighted by Crippen LogP contribution is -2.27. The molecular formula is C13H16N2O2. The Morgan fingerprint density at radius 2 is 2.12 bits per heavy atom. The van der Waals surface area contributed by atoms with Gasteiger partial charge in [-0.3, -0.25) is 4.79 Å². The van der Waals surface area contributed by atoms with Gasteiger partial charge in [-0.05, 0) is 37.6 Å². The molecule has 0 radical (unpaired) electrons. The number of ether oxygens (including phenoxy) is 1. The lowest BCUT2D eigenvalue weighted by atomic mass is 10.2. The highest BCUT2D eigenvalue weighted by atomic mass is 16.5. The fraction of sp³-hybridized carbons (Fsp3) is 0.385. The highest BCUT2D eigenvalue weighted by molar-refractivity contribution is 5.93. The zero-order valence-corrected chi connectivity index (χ0v) is 10.1. The minimum Gasteiger partial charge on any atom is -0.369 e. The molecule has 0 saturated heterocycles. The second-order valence-corrected chi connectivity index (χ2v) is 3.69. The fourth-order valence-corrected chi connectivity index (χ4v) is 1.24. The van der Waals surface area contributed by atoms with Gasteiger partial charge in [-0.15, -0.1) is 0 Å². The lowest BCUT2D eigenvalue weighted by Gasteiger charge is -2.12. The number of benzene rings is 1. The highest BCUT2D eigenvalue weighted by Gasteiger charge is 2.12. The van der Waals surface area contributed by atoms with E-state index in [1.165, 1.54) is 0 Å². The smallest absolute Gasteiger partial charge is 0.253 e. The van der Waals surface area contributed by atoms with Gasteiger partial charge in [0.2, 0.25) is 0 Å². The molecule has 17 heavy (non-hydrogen) atoms. The number of carbonyl (C=O) groups excluding carboxylic acids is 1. The molecule has 0 spiro atoms. The quantitative estimate of drug-likeness (QED) is 0.847. The van der Waals surface area contributed by atoms with Crippen molar-refractivity contribution in [3.05, 3.63) is 29.8 Å². The summed E-state index contributed by atoms with van der Waals surface area (Å²) in [4.78, 5) is 11.7. The van der Waals surface area contributed by atoms with Gasteiger partial charge in [0.15, 0.2) is 0 Å². The average Bonchev–Trinajstić information content (AvgIpc) is 2.36. The fourth-order valence-electron chi connectivity index (χ4n) is 1.24. The zero-order chi connectivity index (χ0) is 12.7. The zero-order valence-electron chi connectivity index (χ0n) is 10.1. The molecule has 0 saturated carbocycles. The first kappa shape index (κ1) is 13.2. The predicted molar refractivity (Wildman–Crippen MR) is 65.5 cm³/mol. The van der Waals surface area contributed by atoms with E-state index >= 15 is 0 Å². The maximum atomic E-state index is 11.7. The summed E-state index contributed by atoms with van der Waals surface area (Å²) < 4.78 is 5.31. The Bertz CT molecular complexity index is 406. The molecule has 0 aromatic heterocycles. The van der Waals surface area contributed by atoms with Crippen LogP contribution in [0.2, 0.25) is 0 Å². The molecule has 1 atom stereocenters. The summed E-state index contributed by atoms with van der Waals surface area (Å²) in [5.41, 5.74) is 1.24. The second kappa shape index (κ2) is 6.66. The third-order valence-corrected chi connectivity index (χ3v) is 2.22. The first-order valence-electron chi connectivity index (χ1n) is 5.60. The summed E-state index contributed by atoms with van der Waals surface area (Å²) in [5, 5.41) is 11.4. The number of nitriles is 1. The van der Waals surface area contributed by atoms with Gasteiger partial charge in [-0.2, -0.15) is 5.26 Å². The first-order chi connectivity index (χ1) is 8.17. The summed E-state index contributed by atoms with van der Waals surface area (Å²) in [6.45, 7) is 4.28. The van der Waals surface area contributed by atoms with E-state index in [4.69, 9.17) is 10.00 Å². The van der Waals surface area contributed by atoms with E-state index < -0.39 is 6.10 Å². The number of nitrogens with one attached hydrogen (secondary N) is 1. The van der Waals surface area contributed by atoms with Gasteiger partial charge in [0.1, 0.15) is 6.10 Å². The molecule has 1 aromatic rings. The number of hydrogen-bond acceptors (Lipinski definition) is 3. The first-order valence-corrected chi connectivity index (χ1v) is 5.60. The van der Waals surface area contributed by atoms with Gasteiger partial charge in [0.05, 0.1) is 11.6 Å². The predicted octanol–water partition coefficient (Wildman–Crippen LogP) is 2.31. The third kappa shape index (κ3) is 4.25. The summed E-state index contributed by atoms with van der Waals surface area (Å²) in [6.07, 6.45) is 0.416. The topological polar surface area (TPSA) is 62.1 Å². The molecule has 1 amide bonds. The second-order valence-electron chi connectivity index (χ2n) is 3.69. The van der Waals surface area contributed by atoms with Crippen molar-refractivity contribution in [2.45, 2.75) is 26.4 Å². The lowest BCUT2D eigenvalue weighted by molar-refractivity contribution is -0.126. The Kier molecular flexibility index (Phi) is 5.18. The molecule has 1 aromatic carbocycles. The molecule has 0 aliphatic heterocycles. The number of anilines is 1. The van der Waals surface area contributed by atoms with Gasteiger partial charge >= 0.3 is 0 Å². The molecule has 90 valence electrons. The normalized spacial score (nSPS) is 11.6. The van der Waals surface area contributed by atoms with Gasteiger partial charge < -0.3 is 10.1 Å². The van der Waals surface area contributed by atoms with Crippen LogP contribution in [0.1, 0.15) is 25.8 Å². The average molecular weight is 232 g/mol. The molecule has 0 heterocycles. The number of hydrogen-bond donors (Lipinski definition) is 1. The van der Waals surface area contributed by atoms with Gasteiger partial charge in [-0.1, -0.05) is 6.92 Å². The maximum absolute atomic E-state index is 11.7. The number of carbonyl (C=O) groups is 1. The minimum atomic E-state index is -0.467. The monoisotopic (exact) mass is 232 g/mol. The molecule has 0 bridgehead atoms. The van der Waals surface area contributed by atoms with Crippen LogP contribution in [-0.2, 0) is 9.53 Å². The van der Waals surface area contributed by atoms with E-state index in [2.05, 4.69) is 5.32 Å². The Hall–Kier alpha value is -1.86. The van der Waals surface area contributed by atoms with E-state index in [1.807, 2.05) is 13.0 Å². The van der Waals surface area contributed by atoms with E-state index in [0.717, 1.165) is 6.42 Å². The standard InChI is InChI=1S/C13H16N2O2/c1-3-8-17-10(2)13(16)15-12-6-4-11(9-14)5-7-12/h4-7,10H,3,8H2,1-2H3,(H,15,16). The van der Waals surface area contributed by atoms with Gasteiger partial charge in [-0.25, -0.2) is 0 Å². The third-order valence-electron chi connectivity index (χ3n) is 2.22. The molecule has 0 fully saturated rings. The maximum Gasteiger partial charge on any atom is 0.253 e. The van der Waals surface area contributed by atoms with Crippen molar-refractivity contribution < 1.29 is 9.53 Å². The SMILES string of the molecule is CCCOC(C)C(=O)Nc1ccc(C#N)cc1. The van der Waals surface area contributed by atoms with Gasteiger partial charge in [0.25, 0.3) is 5.91 Å². The van der Waals surface area contributed by atoms with Crippen LogP contribution in [0.3, 0.4) is 0 Å². The van der Waals surface area contributed by atoms with Crippen molar-refractivity contribution in [2.24, 2.45) is 0 Å². The molecular weight excluding hydrogens is 216 g/mol. The Balaban J connectivity index is 2.52. The van der Waals surface area contributed by atoms with E-state index in [1.54, 1.807) is 31.2 Å². The number of rotatable bonds is 5. The van der Waals surface area contributed by atoms with Crippen LogP contribution in [0, 0.1) is 11.3 Å². The largest absolute Gasteiger partial charge is 0.369 e. The molecule has 4 heteroatoms. The van der Waals surface area contributed by atoms with Crippen molar-refractivity contribution >= 4 is 11.6 Å². The van der Waals surface area contributed by atoms with Crippen LogP contribution in [0.25, 0.3) is 0 Å². The van der Waals surface area contributed by atoms with Crippen LogP contribution in [0.15, 0.2) is 24.3 Å². The molecule has 0 aliphatic carbocycles. The number of amides is 1. The van der Waals surface area contributed by atoms with Crippen LogP contribution in [0.4, 0.5) is 5.69 Å². The van der Waals surface area contributed by atoms with Crippen LogP contribution in [0.5, 0.6) is 0 Å². The molecule has 0 aliphatic rings. The molecule has 1 unspecified atom stereocenters. The summed E-state index contributed by atoms with van der Waals surface area (Å²) in [7, 11) is 0. The van der Waals surface area contributed by atoms with Crippen LogP contribution in [-0.4, -0.2) is 18.6 Å². The van der Waals surface area contributed by atoms with Crippen molar-refractivity contribution in [1.82, 2.24) is 0 Å². The highest BCUT2D eigenvalue weighted by Crippen LogP contribution is 2.09. The van der Waals surface area contributed by atoms with Crippen LogP contribution >= 0.6 is 0 Å². The number of nitrogens with zero attached hydrogens (tertiary/aromatic N) is 1.